The second kappa shape index (κ2) is 11.1. The molecule has 2 atom stereocenters. The summed E-state index contributed by atoms with van der Waals surface area (Å²) in [5.41, 5.74) is 3.52. The first-order chi connectivity index (χ1) is 16.1. The molecule has 0 aliphatic rings. The number of carbonyl (C=O) groups excluding carboxylic acids is 2. The zero-order valence-corrected chi connectivity index (χ0v) is 21.8. The molecular weight excluding hydrogens is 444 g/mol. The van der Waals surface area contributed by atoms with Crippen molar-refractivity contribution in [2.45, 2.75) is 58.5 Å². The first-order valence-electron chi connectivity index (χ1n) is 11.8. The lowest BCUT2D eigenvalue weighted by molar-refractivity contribution is -0.124. The van der Waals surface area contributed by atoms with E-state index >= 15 is 0 Å². The number of nitrogens with one attached hydrogen (secondary N) is 3. The lowest BCUT2D eigenvalue weighted by Crippen LogP contribution is -2.50. The number of imidazole rings is 1. The molecule has 3 rings (SSSR count). The summed E-state index contributed by atoms with van der Waals surface area (Å²) in [6.45, 7) is 10.3. The van der Waals surface area contributed by atoms with E-state index in [0.29, 0.717) is 5.56 Å². The van der Waals surface area contributed by atoms with E-state index in [1.807, 2.05) is 68.6 Å². The highest BCUT2D eigenvalue weighted by Gasteiger charge is 2.28. The van der Waals surface area contributed by atoms with E-state index in [1.165, 1.54) is 0 Å². The normalized spacial score (nSPS) is 13.6. The Morgan fingerprint density at radius 1 is 1.03 bits per heavy atom. The van der Waals surface area contributed by atoms with E-state index < -0.39 is 6.04 Å². The monoisotopic (exact) mass is 480 g/mol. The summed E-state index contributed by atoms with van der Waals surface area (Å²) in [7, 11) is 0. The molecule has 1 heterocycles. The standard InChI is InChI=1S/C27H36N4O2S/c1-17(2)23(31-25(32)18-11-13-19(14-12-18)27(3,4)5)26(33)30-22(15-16-34-6)24-28-20-9-7-8-10-21(20)29-24/h7-14,17,22-23H,15-16H2,1-6H3,(H,28,29)(H,30,33)(H,31,32). The van der Waals surface area contributed by atoms with E-state index in [9.17, 15) is 9.59 Å². The van der Waals surface area contributed by atoms with E-state index in [-0.39, 0.29) is 29.2 Å². The Kier molecular flexibility index (Phi) is 8.42. The number of rotatable bonds is 9. The predicted molar refractivity (Wildman–Crippen MR) is 141 cm³/mol. The Labute approximate surface area is 206 Å². The molecule has 2 aromatic carbocycles. The van der Waals surface area contributed by atoms with Gasteiger partial charge in [-0.15, -0.1) is 0 Å². The molecule has 182 valence electrons. The average molecular weight is 481 g/mol. The zero-order chi connectivity index (χ0) is 24.9. The SMILES string of the molecule is CSCCC(NC(=O)C(NC(=O)c1ccc(C(C)(C)C)cc1)C(C)C)c1nc2ccccc2[nH]1. The van der Waals surface area contributed by atoms with Crippen molar-refractivity contribution < 1.29 is 9.59 Å². The molecule has 34 heavy (non-hydrogen) atoms. The number of nitrogens with zero attached hydrogens (tertiary/aromatic N) is 1. The van der Waals surface area contributed by atoms with E-state index in [4.69, 9.17) is 4.98 Å². The van der Waals surface area contributed by atoms with Crippen LogP contribution in [-0.2, 0) is 10.2 Å². The molecular formula is C27H36N4O2S. The van der Waals surface area contributed by atoms with Gasteiger partial charge in [0.25, 0.3) is 5.91 Å². The zero-order valence-electron chi connectivity index (χ0n) is 20.9. The average Bonchev–Trinajstić information content (AvgIpc) is 3.23. The number of benzene rings is 2. The van der Waals surface area contributed by atoms with Gasteiger partial charge in [-0.05, 0) is 59.6 Å². The van der Waals surface area contributed by atoms with Gasteiger partial charge < -0.3 is 15.6 Å². The van der Waals surface area contributed by atoms with Gasteiger partial charge in [0.2, 0.25) is 5.91 Å². The third-order valence-electron chi connectivity index (χ3n) is 5.91. The Morgan fingerprint density at radius 3 is 2.29 bits per heavy atom. The van der Waals surface area contributed by atoms with Crippen molar-refractivity contribution in [2.24, 2.45) is 5.92 Å². The Hall–Kier alpha value is -2.80. The Balaban J connectivity index is 1.75. The number of carbonyl (C=O) groups is 2. The van der Waals surface area contributed by atoms with Crippen LogP contribution in [0.25, 0.3) is 11.0 Å². The highest BCUT2D eigenvalue weighted by Crippen LogP contribution is 2.23. The summed E-state index contributed by atoms with van der Waals surface area (Å²) in [4.78, 5) is 34.3. The molecule has 3 aromatic rings. The number of aromatic nitrogens is 2. The quantitative estimate of drug-likeness (QED) is 0.392. The van der Waals surface area contributed by atoms with Crippen LogP contribution in [0, 0.1) is 5.92 Å². The fourth-order valence-corrected chi connectivity index (χ4v) is 4.26. The third kappa shape index (κ3) is 6.41. The molecule has 0 aliphatic carbocycles. The molecule has 0 radical (unpaired) electrons. The summed E-state index contributed by atoms with van der Waals surface area (Å²) in [6, 6.07) is 14.5. The van der Waals surface area contributed by atoms with Gasteiger partial charge in [0.15, 0.2) is 0 Å². The van der Waals surface area contributed by atoms with Gasteiger partial charge in [-0.2, -0.15) is 11.8 Å². The smallest absolute Gasteiger partial charge is 0.251 e. The maximum Gasteiger partial charge on any atom is 0.251 e. The van der Waals surface area contributed by atoms with E-state index in [0.717, 1.165) is 34.6 Å². The topological polar surface area (TPSA) is 86.9 Å². The fraction of sp³-hybridized carbons (Fsp3) is 0.444. The lowest BCUT2D eigenvalue weighted by atomic mass is 9.86. The number of thioether (sulfide) groups is 1. The molecule has 0 saturated carbocycles. The highest BCUT2D eigenvalue weighted by molar-refractivity contribution is 7.98. The summed E-state index contributed by atoms with van der Waals surface area (Å²) in [5.74, 6) is 1.07. The van der Waals surface area contributed by atoms with Crippen LogP contribution in [0.1, 0.15) is 68.8 Å². The maximum atomic E-state index is 13.3. The van der Waals surface area contributed by atoms with Crippen molar-refractivity contribution in [2.75, 3.05) is 12.0 Å². The van der Waals surface area contributed by atoms with Gasteiger partial charge in [-0.3, -0.25) is 9.59 Å². The molecule has 3 N–H and O–H groups in total. The number of hydrogen-bond acceptors (Lipinski definition) is 4. The second-order valence-corrected chi connectivity index (χ2v) is 11.0. The van der Waals surface area contributed by atoms with Crippen molar-refractivity contribution >= 4 is 34.6 Å². The van der Waals surface area contributed by atoms with Gasteiger partial charge in [-0.25, -0.2) is 4.98 Å². The number of para-hydroxylation sites is 2. The summed E-state index contributed by atoms with van der Waals surface area (Å²) in [5, 5.41) is 6.08. The molecule has 0 fully saturated rings. The molecule has 0 bridgehead atoms. The molecule has 2 amide bonds. The van der Waals surface area contributed by atoms with Crippen LogP contribution in [0.3, 0.4) is 0 Å². The van der Waals surface area contributed by atoms with Gasteiger partial charge >= 0.3 is 0 Å². The number of amides is 2. The molecule has 0 spiro atoms. The number of aromatic amines is 1. The molecule has 0 aliphatic heterocycles. The summed E-state index contributed by atoms with van der Waals surface area (Å²) < 4.78 is 0. The van der Waals surface area contributed by atoms with Crippen molar-refractivity contribution in [1.82, 2.24) is 20.6 Å². The van der Waals surface area contributed by atoms with Crippen LogP contribution in [0.2, 0.25) is 0 Å². The van der Waals surface area contributed by atoms with Gasteiger partial charge in [0, 0.05) is 5.56 Å². The maximum absolute atomic E-state index is 13.3. The van der Waals surface area contributed by atoms with Crippen LogP contribution in [-0.4, -0.2) is 39.8 Å². The predicted octanol–water partition coefficient (Wildman–Crippen LogP) is 5.23. The van der Waals surface area contributed by atoms with Crippen LogP contribution >= 0.6 is 11.8 Å². The number of H-pyrrole nitrogens is 1. The van der Waals surface area contributed by atoms with Crippen LogP contribution in [0.5, 0.6) is 0 Å². The number of hydrogen-bond donors (Lipinski definition) is 3. The second-order valence-electron chi connectivity index (χ2n) is 10.0. The van der Waals surface area contributed by atoms with E-state index in [2.05, 4.69) is 36.4 Å². The van der Waals surface area contributed by atoms with Crippen LogP contribution in [0.4, 0.5) is 0 Å². The number of fused-ring (bicyclic) bond motifs is 1. The highest BCUT2D eigenvalue weighted by atomic mass is 32.2. The summed E-state index contributed by atoms with van der Waals surface area (Å²) in [6.07, 6.45) is 2.78. The first-order valence-corrected chi connectivity index (χ1v) is 13.1. The van der Waals surface area contributed by atoms with Crippen molar-refractivity contribution in [3.8, 4) is 0 Å². The van der Waals surface area contributed by atoms with Crippen molar-refractivity contribution in [3.63, 3.8) is 0 Å². The minimum atomic E-state index is -0.657. The minimum absolute atomic E-state index is 0.0117. The fourth-order valence-electron chi connectivity index (χ4n) is 3.79. The molecule has 2 unspecified atom stereocenters. The van der Waals surface area contributed by atoms with E-state index in [1.54, 1.807) is 11.8 Å². The molecule has 0 saturated heterocycles. The van der Waals surface area contributed by atoms with Gasteiger partial charge in [-0.1, -0.05) is 58.9 Å². The minimum Gasteiger partial charge on any atom is -0.344 e. The van der Waals surface area contributed by atoms with Gasteiger partial charge in [0.1, 0.15) is 11.9 Å². The lowest BCUT2D eigenvalue weighted by Gasteiger charge is -2.25. The Bertz CT molecular complexity index is 1080. The summed E-state index contributed by atoms with van der Waals surface area (Å²) >= 11 is 1.72. The van der Waals surface area contributed by atoms with Crippen molar-refractivity contribution in [1.29, 1.82) is 0 Å². The van der Waals surface area contributed by atoms with Crippen molar-refractivity contribution in [3.05, 3.63) is 65.5 Å². The molecule has 1 aromatic heterocycles. The molecule has 6 nitrogen and oxygen atoms in total. The Morgan fingerprint density at radius 2 is 1.71 bits per heavy atom. The first kappa shape index (κ1) is 25.8. The third-order valence-corrected chi connectivity index (χ3v) is 6.56. The van der Waals surface area contributed by atoms with Crippen LogP contribution < -0.4 is 10.6 Å². The van der Waals surface area contributed by atoms with Crippen LogP contribution in [0.15, 0.2) is 48.5 Å². The largest absolute Gasteiger partial charge is 0.344 e. The molecule has 7 heteroatoms. The van der Waals surface area contributed by atoms with Gasteiger partial charge in [0.05, 0.1) is 17.1 Å².